The molecule has 0 atom stereocenters. The van der Waals surface area contributed by atoms with Gasteiger partial charge in [0.25, 0.3) is 0 Å². The van der Waals surface area contributed by atoms with E-state index < -0.39 is 0 Å². The van der Waals surface area contributed by atoms with Gasteiger partial charge in [-0.1, -0.05) is 49.4 Å². The number of carbonyl (C=O) groups is 1. The molecule has 132 valence electrons. The van der Waals surface area contributed by atoms with Crippen molar-refractivity contribution < 1.29 is 4.79 Å². The molecule has 0 amide bonds. The van der Waals surface area contributed by atoms with E-state index in [2.05, 4.69) is 27.5 Å². The third kappa shape index (κ3) is 4.45. The maximum absolute atomic E-state index is 11.6. The molecular weight excluding hydrogens is 324 g/mol. The number of nitrogens with zero attached hydrogens (tertiary/aromatic N) is 2. The predicted octanol–water partition coefficient (Wildman–Crippen LogP) is 4.91. The Morgan fingerprint density at radius 3 is 2.54 bits per heavy atom. The number of hydrogen-bond acceptors (Lipinski definition) is 5. The zero-order valence-corrected chi connectivity index (χ0v) is 15.0. The van der Waals surface area contributed by atoms with Crippen LogP contribution in [0.2, 0.25) is 0 Å². The lowest BCUT2D eigenvalue weighted by atomic mass is 10.1. The molecule has 5 nitrogen and oxygen atoms in total. The van der Waals surface area contributed by atoms with Crippen LogP contribution >= 0.6 is 0 Å². The number of benzene rings is 2. The minimum absolute atomic E-state index is 0.0339. The molecule has 0 aliphatic rings. The Kier molecular flexibility index (Phi) is 5.59. The molecule has 0 aliphatic carbocycles. The summed E-state index contributed by atoms with van der Waals surface area (Å²) in [4.78, 5) is 20.8. The van der Waals surface area contributed by atoms with E-state index in [1.54, 1.807) is 13.0 Å². The first kappa shape index (κ1) is 17.6. The van der Waals surface area contributed by atoms with Crippen LogP contribution in [0.3, 0.4) is 0 Å². The van der Waals surface area contributed by atoms with Crippen LogP contribution in [-0.2, 0) is 0 Å². The Balaban J connectivity index is 1.95. The largest absolute Gasteiger partial charge is 0.354 e. The molecule has 1 aromatic heterocycles. The molecule has 26 heavy (non-hydrogen) atoms. The van der Waals surface area contributed by atoms with Crippen molar-refractivity contribution in [3.05, 3.63) is 66.2 Å². The molecule has 3 aromatic rings. The number of carbonyl (C=O) groups excluding carboxylic acids is 1. The first-order valence-corrected chi connectivity index (χ1v) is 8.72. The van der Waals surface area contributed by atoms with Gasteiger partial charge in [-0.15, -0.1) is 0 Å². The minimum Gasteiger partial charge on any atom is -0.354 e. The molecule has 0 fully saturated rings. The summed E-state index contributed by atoms with van der Waals surface area (Å²) in [5.41, 5.74) is 3.34. The summed E-state index contributed by atoms with van der Waals surface area (Å²) in [5.74, 6) is 1.29. The smallest absolute Gasteiger partial charge is 0.225 e. The Hall–Kier alpha value is -3.21. The molecule has 5 heteroatoms. The highest BCUT2D eigenvalue weighted by molar-refractivity contribution is 5.95. The molecule has 2 N–H and O–H groups in total. The average molecular weight is 346 g/mol. The van der Waals surface area contributed by atoms with Gasteiger partial charge in [-0.2, -0.15) is 4.98 Å². The van der Waals surface area contributed by atoms with Crippen LogP contribution in [0, 0.1) is 0 Å². The number of hydrogen-bond donors (Lipinski definition) is 2. The number of rotatable bonds is 7. The molecule has 0 saturated heterocycles. The summed E-state index contributed by atoms with van der Waals surface area (Å²) in [6, 6.07) is 19.3. The first-order chi connectivity index (χ1) is 12.7. The molecule has 0 bridgehead atoms. The van der Waals surface area contributed by atoms with Gasteiger partial charge in [-0.3, -0.25) is 4.79 Å². The maximum atomic E-state index is 11.6. The van der Waals surface area contributed by atoms with Crippen LogP contribution in [0.15, 0.2) is 60.7 Å². The summed E-state index contributed by atoms with van der Waals surface area (Å²) in [7, 11) is 0. The summed E-state index contributed by atoms with van der Waals surface area (Å²) in [6.07, 6.45) is 0.988. The van der Waals surface area contributed by atoms with Gasteiger partial charge < -0.3 is 10.6 Å². The second-order valence-electron chi connectivity index (χ2n) is 6.02. The number of anilines is 3. The number of ketones is 1. The van der Waals surface area contributed by atoms with Crippen LogP contribution < -0.4 is 10.6 Å². The third-order valence-electron chi connectivity index (χ3n) is 3.87. The molecule has 0 radical (unpaired) electrons. The van der Waals surface area contributed by atoms with E-state index >= 15 is 0 Å². The predicted molar refractivity (Wildman–Crippen MR) is 106 cm³/mol. The highest BCUT2D eigenvalue weighted by Crippen LogP contribution is 2.24. The van der Waals surface area contributed by atoms with Crippen molar-refractivity contribution in [2.45, 2.75) is 20.3 Å². The normalized spacial score (nSPS) is 10.4. The second-order valence-corrected chi connectivity index (χ2v) is 6.02. The van der Waals surface area contributed by atoms with E-state index in [9.17, 15) is 4.79 Å². The van der Waals surface area contributed by atoms with Gasteiger partial charge in [0, 0.05) is 29.4 Å². The van der Waals surface area contributed by atoms with Crippen molar-refractivity contribution in [1.82, 2.24) is 9.97 Å². The second kappa shape index (κ2) is 8.25. The topological polar surface area (TPSA) is 66.9 Å². The fraction of sp³-hybridized carbons (Fsp3) is 0.190. The van der Waals surface area contributed by atoms with Crippen molar-refractivity contribution in [3.63, 3.8) is 0 Å². The van der Waals surface area contributed by atoms with Gasteiger partial charge in [0.05, 0.1) is 5.69 Å². The van der Waals surface area contributed by atoms with Crippen molar-refractivity contribution in [1.29, 1.82) is 0 Å². The summed E-state index contributed by atoms with van der Waals surface area (Å²) < 4.78 is 0. The quantitative estimate of drug-likeness (QED) is 0.595. The van der Waals surface area contributed by atoms with Crippen LogP contribution in [0.1, 0.15) is 30.6 Å². The highest BCUT2D eigenvalue weighted by Gasteiger charge is 2.08. The maximum Gasteiger partial charge on any atom is 0.225 e. The van der Waals surface area contributed by atoms with Crippen molar-refractivity contribution in [3.8, 4) is 11.3 Å². The van der Waals surface area contributed by atoms with Gasteiger partial charge in [0.1, 0.15) is 5.82 Å². The third-order valence-corrected chi connectivity index (χ3v) is 3.87. The van der Waals surface area contributed by atoms with Crippen molar-refractivity contribution in [2.75, 3.05) is 17.2 Å². The van der Waals surface area contributed by atoms with Crippen molar-refractivity contribution in [2.24, 2.45) is 0 Å². The number of nitrogens with one attached hydrogen (secondary N) is 2. The lowest BCUT2D eigenvalue weighted by Crippen LogP contribution is -2.07. The Morgan fingerprint density at radius 1 is 1.00 bits per heavy atom. The van der Waals surface area contributed by atoms with Gasteiger partial charge in [0.15, 0.2) is 5.78 Å². The molecule has 0 unspecified atom stereocenters. The van der Waals surface area contributed by atoms with E-state index in [1.807, 2.05) is 54.6 Å². The zero-order chi connectivity index (χ0) is 18.4. The van der Waals surface area contributed by atoms with Gasteiger partial charge in [0.2, 0.25) is 5.95 Å². The van der Waals surface area contributed by atoms with E-state index in [-0.39, 0.29) is 5.78 Å². The molecule has 2 aromatic carbocycles. The van der Waals surface area contributed by atoms with E-state index in [0.29, 0.717) is 17.3 Å². The SMILES string of the molecule is CCCNc1nc(Nc2cccc(C(C)=O)c2)cc(-c2ccccc2)n1. The average Bonchev–Trinajstić information content (AvgIpc) is 2.67. The van der Waals surface area contributed by atoms with E-state index in [4.69, 9.17) is 0 Å². The van der Waals surface area contributed by atoms with Crippen LogP contribution in [0.25, 0.3) is 11.3 Å². The van der Waals surface area contributed by atoms with Crippen LogP contribution in [0.5, 0.6) is 0 Å². The minimum atomic E-state index is 0.0339. The van der Waals surface area contributed by atoms with Gasteiger partial charge >= 0.3 is 0 Å². The molecule has 1 heterocycles. The van der Waals surface area contributed by atoms with Crippen LogP contribution in [0.4, 0.5) is 17.5 Å². The summed E-state index contributed by atoms with van der Waals surface area (Å²) in [5, 5.41) is 6.53. The lowest BCUT2D eigenvalue weighted by Gasteiger charge is -2.11. The lowest BCUT2D eigenvalue weighted by molar-refractivity contribution is 0.101. The number of aromatic nitrogens is 2. The van der Waals surface area contributed by atoms with Crippen molar-refractivity contribution >= 4 is 23.2 Å². The highest BCUT2D eigenvalue weighted by atomic mass is 16.1. The molecule has 3 rings (SSSR count). The first-order valence-electron chi connectivity index (χ1n) is 8.72. The fourth-order valence-corrected chi connectivity index (χ4v) is 2.55. The molecule has 0 aliphatic heterocycles. The Morgan fingerprint density at radius 2 is 1.81 bits per heavy atom. The summed E-state index contributed by atoms with van der Waals surface area (Å²) >= 11 is 0. The number of Topliss-reactive ketones (excluding diaryl/α,β-unsaturated/α-hetero) is 1. The van der Waals surface area contributed by atoms with E-state index in [1.165, 1.54) is 0 Å². The van der Waals surface area contributed by atoms with E-state index in [0.717, 1.165) is 29.9 Å². The van der Waals surface area contributed by atoms with Gasteiger partial charge in [-0.05, 0) is 25.5 Å². The molecule has 0 saturated carbocycles. The van der Waals surface area contributed by atoms with Crippen LogP contribution in [-0.4, -0.2) is 22.3 Å². The monoisotopic (exact) mass is 346 g/mol. The zero-order valence-electron chi connectivity index (χ0n) is 15.0. The standard InChI is InChI=1S/C21H22N4O/c1-3-12-22-21-24-19(16-8-5-4-6-9-16)14-20(25-21)23-18-11-7-10-17(13-18)15(2)26/h4-11,13-14H,3,12H2,1-2H3,(H2,22,23,24,25). The Bertz CT molecular complexity index is 894. The fourth-order valence-electron chi connectivity index (χ4n) is 2.55. The molecule has 0 spiro atoms. The van der Waals surface area contributed by atoms with Gasteiger partial charge in [-0.25, -0.2) is 4.98 Å². The Labute approximate surface area is 153 Å². The summed E-state index contributed by atoms with van der Waals surface area (Å²) in [6.45, 7) is 4.46. The molecular formula is C21H22N4O.